The topological polar surface area (TPSA) is 120 Å². The number of carboxylic acid groups (broad SMARTS) is 1. The summed E-state index contributed by atoms with van der Waals surface area (Å²) >= 11 is 0. The van der Waals surface area contributed by atoms with Crippen molar-refractivity contribution in [3.05, 3.63) is 30.1 Å². The number of aromatic nitrogens is 1. The molecule has 3 rings (SSSR count). The molecule has 0 aliphatic carbocycles. The maximum atomic E-state index is 13.0. The molecule has 2 aliphatic heterocycles. The zero-order valence-electron chi connectivity index (χ0n) is 14.3. The van der Waals surface area contributed by atoms with Crippen LogP contribution in [0.2, 0.25) is 0 Å². The van der Waals surface area contributed by atoms with Gasteiger partial charge in [-0.25, -0.2) is 0 Å². The van der Waals surface area contributed by atoms with Gasteiger partial charge in [0.2, 0.25) is 11.8 Å². The van der Waals surface area contributed by atoms with E-state index in [4.69, 9.17) is 0 Å². The normalized spacial score (nSPS) is 32.2. The first kappa shape index (κ1) is 17.5. The van der Waals surface area contributed by atoms with Crippen molar-refractivity contribution in [3.63, 3.8) is 0 Å². The highest BCUT2D eigenvalue weighted by Crippen LogP contribution is 2.49. The lowest BCUT2D eigenvalue weighted by molar-refractivity contribution is -0.155. The summed E-state index contributed by atoms with van der Waals surface area (Å²) in [4.78, 5) is 43.3. The van der Waals surface area contributed by atoms with Gasteiger partial charge in [0.1, 0.15) is 0 Å². The van der Waals surface area contributed by atoms with Crippen LogP contribution in [-0.4, -0.2) is 55.6 Å². The molecule has 134 valence electrons. The summed E-state index contributed by atoms with van der Waals surface area (Å²) < 4.78 is 0. The van der Waals surface area contributed by atoms with E-state index < -0.39 is 53.3 Å². The van der Waals surface area contributed by atoms with E-state index >= 15 is 0 Å². The number of fused-ring (bicyclic) bond motifs is 1. The molecule has 2 saturated heterocycles. The van der Waals surface area contributed by atoms with E-state index in [0.29, 0.717) is 5.69 Å². The third-order valence-corrected chi connectivity index (χ3v) is 4.96. The molecule has 0 saturated carbocycles. The molecule has 4 unspecified atom stereocenters. The monoisotopic (exact) mass is 347 g/mol. The van der Waals surface area contributed by atoms with Crippen molar-refractivity contribution >= 4 is 17.8 Å². The Labute approximate surface area is 144 Å². The number of carbonyl (C=O) groups excluding carboxylic acids is 2. The SMILES string of the molecule is CC(C)(C)N1C(=O)C2C(c3ccccn3)NC(CO)(C(=O)O)C2C1=O. The van der Waals surface area contributed by atoms with Crippen molar-refractivity contribution in [2.45, 2.75) is 37.9 Å². The third-order valence-electron chi connectivity index (χ3n) is 4.96. The van der Waals surface area contributed by atoms with Gasteiger partial charge in [-0.1, -0.05) is 6.07 Å². The smallest absolute Gasteiger partial charge is 0.327 e. The summed E-state index contributed by atoms with van der Waals surface area (Å²) in [7, 11) is 0. The Morgan fingerprint density at radius 3 is 2.48 bits per heavy atom. The molecule has 2 fully saturated rings. The standard InChI is InChI=1S/C17H21N3O5/c1-16(2,3)20-13(22)10-11(14(20)23)17(8-21,15(24)25)19-12(10)9-6-4-5-7-18-9/h4-7,10-12,19,21H,8H2,1-3H3,(H,24,25). The molecule has 4 atom stereocenters. The van der Waals surface area contributed by atoms with E-state index in [2.05, 4.69) is 10.3 Å². The molecule has 0 radical (unpaired) electrons. The van der Waals surface area contributed by atoms with Crippen molar-refractivity contribution in [3.8, 4) is 0 Å². The van der Waals surface area contributed by atoms with Gasteiger partial charge >= 0.3 is 5.97 Å². The minimum absolute atomic E-state index is 0.442. The maximum Gasteiger partial charge on any atom is 0.327 e. The summed E-state index contributed by atoms with van der Waals surface area (Å²) in [5, 5.41) is 22.4. The first-order chi connectivity index (χ1) is 11.6. The quantitative estimate of drug-likeness (QED) is 0.655. The Kier molecular flexibility index (Phi) is 3.92. The van der Waals surface area contributed by atoms with Crippen LogP contribution in [0.3, 0.4) is 0 Å². The number of carboxylic acids is 1. The lowest BCUT2D eigenvalue weighted by atomic mass is 9.80. The molecule has 2 aliphatic rings. The van der Waals surface area contributed by atoms with E-state index in [1.54, 1.807) is 39.0 Å². The van der Waals surface area contributed by atoms with Gasteiger partial charge in [-0.3, -0.25) is 29.6 Å². The number of imide groups is 1. The molecule has 0 spiro atoms. The molecule has 8 heteroatoms. The summed E-state index contributed by atoms with van der Waals surface area (Å²) in [6, 6.07) is 4.33. The zero-order valence-corrected chi connectivity index (χ0v) is 14.3. The molecule has 0 bridgehead atoms. The third kappa shape index (κ3) is 2.36. The van der Waals surface area contributed by atoms with Gasteiger partial charge in [0, 0.05) is 11.7 Å². The fraction of sp³-hybridized carbons (Fsp3) is 0.529. The van der Waals surface area contributed by atoms with Crippen LogP contribution in [0.1, 0.15) is 32.5 Å². The van der Waals surface area contributed by atoms with Crippen LogP contribution in [0.5, 0.6) is 0 Å². The molecule has 1 aromatic rings. The minimum Gasteiger partial charge on any atom is -0.480 e. The predicted molar refractivity (Wildman–Crippen MR) is 86.2 cm³/mol. The van der Waals surface area contributed by atoms with Crippen molar-refractivity contribution in [1.29, 1.82) is 0 Å². The lowest BCUT2D eigenvalue weighted by Crippen LogP contribution is -2.59. The summed E-state index contributed by atoms with van der Waals surface area (Å²) in [6.07, 6.45) is 1.54. The molecule has 3 N–H and O–H groups in total. The molecule has 3 heterocycles. The Bertz CT molecular complexity index is 730. The van der Waals surface area contributed by atoms with Crippen LogP contribution in [0.15, 0.2) is 24.4 Å². The molecule has 2 amide bonds. The number of aliphatic carboxylic acids is 1. The number of aliphatic hydroxyl groups excluding tert-OH is 1. The largest absolute Gasteiger partial charge is 0.480 e. The Morgan fingerprint density at radius 1 is 1.32 bits per heavy atom. The van der Waals surface area contributed by atoms with E-state index in [0.717, 1.165) is 4.90 Å². The highest BCUT2D eigenvalue weighted by atomic mass is 16.4. The second-order valence-corrected chi connectivity index (χ2v) is 7.50. The summed E-state index contributed by atoms with van der Waals surface area (Å²) in [5.41, 5.74) is -2.24. The van der Waals surface area contributed by atoms with Gasteiger partial charge in [-0.2, -0.15) is 0 Å². The number of aliphatic hydroxyl groups is 1. The van der Waals surface area contributed by atoms with Crippen LogP contribution in [0.4, 0.5) is 0 Å². The first-order valence-corrected chi connectivity index (χ1v) is 8.06. The second kappa shape index (κ2) is 5.60. The number of hydrogen-bond donors (Lipinski definition) is 3. The van der Waals surface area contributed by atoms with Gasteiger partial charge in [0.25, 0.3) is 0 Å². The van der Waals surface area contributed by atoms with Crippen LogP contribution >= 0.6 is 0 Å². The van der Waals surface area contributed by atoms with Crippen molar-refractivity contribution in [2.24, 2.45) is 11.8 Å². The zero-order chi connectivity index (χ0) is 18.6. The van der Waals surface area contributed by atoms with Crippen LogP contribution in [0, 0.1) is 11.8 Å². The molecule has 0 aromatic carbocycles. The van der Waals surface area contributed by atoms with Crippen molar-refractivity contribution in [1.82, 2.24) is 15.2 Å². The number of rotatable bonds is 3. The van der Waals surface area contributed by atoms with Crippen LogP contribution < -0.4 is 5.32 Å². The highest BCUT2D eigenvalue weighted by Gasteiger charge is 2.69. The molecular formula is C17H21N3O5. The fourth-order valence-electron chi connectivity index (χ4n) is 3.89. The van der Waals surface area contributed by atoms with E-state index in [1.165, 1.54) is 6.20 Å². The van der Waals surface area contributed by atoms with Crippen LogP contribution in [-0.2, 0) is 14.4 Å². The number of nitrogens with zero attached hydrogens (tertiary/aromatic N) is 2. The van der Waals surface area contributed by atoms with Gasteiger partial charge in [-0.15, -0.1) is 0 Å². The summed E-state index contributed by atoms with van der Waals surface area (Å²) in [6.45, 7) is 4.35. The van der Waals surface area contributed by atoms with E-state index in [9.17, 15) is 24.6 Å². The number of hydrogen-bond acceptors (Lipinski definition) is 6. The number of pyridine rings is 1. The first-order valence-electron chi connectivity index (χ1n) is 8.06. The molecular weight excluding hydrogens is 326 g/mol. The molecule has 1 aromatic heterocycles. The second-order valence-electron chi connectivity index (χ2n) is 7.50. The molecule has 25 heavy (non-hydrogen) atoms. The van der Waals surface area contributed by atoms with Gasteiger partial charge in [0.15, 0.2) is 5.54 Å². The number of nitrogens with one attached hydrogen (secondary N) is 1. The van der Waals surface area contributed by atoms with Crippen molar-refractivity contribution in [2.75, 3.05) is 6.61 Å². The predicted octanol–water partition coefficient (Wildman–Crippen LogP) is -0.0587. The summed E-state index contributed by atoms with van der Waals surface area (Å²) in [5.74, 6) is -4.49. The van der Waals surface area contributed by atoms with Gasteiger partial charge < -0.3 is 10.2 Å². The maximum absolute atomic E-state index is 13.0. The Balaban J connectivity index is 2.16. The van der Waals surface area contributed by atoms with Crippen LogP contribution in [0.25, 0.3) is 0 Å². The lowest BCUT2D eigenvalue weighted by Gasteiger charge is -2.34. The number of amides is 2. The van der Waals surface area contributed by atoms with Crippen molar-refractivity contribution < 1.29 is 24.6 Å². The fourth-order valence-corrected chi connectivity index (χ4v) is 3.89. The average Bonchev–Trinajstić information content (AvgIpc) is 3.03. The molecule has 8 nitrogen and oxygen atoms in total. The van der Waals surface area contributed by atoms with E-state index in [1.807, 2.05) is 0 Å². The Morgan fingerprint density at radius 2 is 2.00 bits per heavy atom. The average molecular weight is 347 g/mol. The minimum atomic E-state index is -1.92. The number of likely N-dealkylation sites (tertiary alicyclic amines) is 1. The Hall–Kier alpha value is -2.32. The van der Waals surface area contributed by atoms with Gasteiger partial charge in [0.05, 0.1) is 30.2 Å². The van der Waals surface area contributed by atoms with E-state index in [-0.39, 0.29) is 0 Å². The number of carbonyl (C=O) groups is 3. The highest BCUT2D eigenvalue weighted by molar-refractivity contribution is 6.10. The van der Waals surface area contributed by atoms with Gasteiger partial charge in [-0.05, 0) is 32.9 Å².